The molecule has 3 amide bonds. The number of anilines is 1. The third kappa shape index (κ3) is 7.46. The Morgan fingerprint density at radius 3 is 2.03 bits per heavy atom. The van der Waals surface area contributed by atoms with Gasteiger partial charge in [0, 0.05) is 18.5 Å². The van der Waals surface area contributed by atoms with E-state index in [-0.39, 0.29) is 25.4 Å². The van der Waals surface area contributed by atoms with Crippen molar-refractivity contribution in [3.63, 3.8) is 0 Å². The molecule has 0 aromatic heterocycles. The van der Waals surface area contributed by atoms with Crippen molar-refractivity contribution in [3.8, 4) is 11.5 Å². The van der Waals surface area contributed by atoms with Crippen LogP contribution in [-0.2, 0) is 14.4 Å². The Labute approximate surface area is 175 Å². The summed E-state index contributed by atoms with van der Waals surface area (Å²) in [5, 5.41) is 2.70. The van der Waals surface area contributed by atoms with E-state index in [0.717, 1.165) is 11.1 Å². The van der Waals surface area contributed by atoms with Gasteiger partial charge in [0.15, 0.2) is 6.61 Å². The maximum absolute atomic E-state index is 12.0. The molecule has 0 saturated heterocycles. The number of rotatable bonds is 9. The number of hydrogen-bond donors (Lipinski definition) is 3. The fraction of sp³-hybridized carbons (Fsp3) is 0.318. The minimum atomic E-state index is -0.496. The van der Waals surface area contributed by atoms with Gasteiger partial charge in [-0.2, -0.15) is 0 Å². The first-order valence-corrected chi connectivity index (χ1v) is 9.68. The zero-order chi connectivity index (χ0) is 21.9. The quantitative estimate of drug-likeness (QED) is 0.548. The molecule has 0 unspecified atom stereocenters. The third-order valence-corrected chi connectivity index (χ3v) is 4.13. The lowest BCUT2D eigenvalue weighted by Gasteiger charge is -2.12. The van der Waals surface area contributed by atoms with Crippen molar-refractivity contribution in [3.05, 3.63) is 53.6 Å². The van der Waals surface area contributed by atoms with Gasteiger partial charge in [0.05, 0.1) is 6.61 Å². The second-order valence-electron chi connectivity index (χ2n) is 6.61. The summed E-state index contributed by atoms with van der Waals surface area (Å²) in [6.45, 7) is 6.00. The van der Waals surface area contributed by atoms with Crippen LogP contribution < -0.4 is 25.6 Å². The molecule has 0 aliphatic carbocycles. The van der Waals surface area contributed by atoms with Crippen molar-refractivity contribution in [2.75, 3.05) is 18.5 Å². The van der Waals surface area contributed by atoms with Crippen molar-refractivity contribution in [1.82, 2.24) is 10.9 Å². The van der Waals surface area contributed by atoms with E-state index >= 15 is 0 Å². The molecule has 0 radical (unpaired) electrons. The summed E-state index contributed by atoms with van der Waals surface area (Å²) in [7, 11) is 0. The second kappa shape index (κ2) is 11.5. The van der Waals surface area contributed by atoms with Gasteiger partial charge in [0.2, 0.25) is 11.8 Å². The zero-order valence-corrected chi connectivity index (χ0v) is 17.4. The van der Waals surface area contributed by atoms with Gasteiger partial charge < -0.3 is 14.8 Å². The van der Waals surface area contributed by atoms with Crippen LogP contribution in [0.1, 0.15) is 30.9 Å². The first-order chi connectivity index (χ1) is 14.4. The maximum Gasteiger partial charge on any atom is 0.276 e. The number of carbonyl (C=O) groups is 3. The molecular formula is C22H27N3O5. The van der Waals surface area contributed by atoms with E-state index in [1.165, 1.54) is 0 Å². The lowest BCUT2D eigenvalue weighted by Crippen LogP contribution is -2.44. The average molecular weight is 413 g/mol. The molecule has 2 rings (SSSR count). The Kier molecular flexibility index (Phi) is 8.68. The molecule has 0 atom stereocenters. The number of ether oxygens (including phenoxy) is 2. The maximum atomic E-state index is 12.0. The Hall–Kier alpha value is -3.55. The highest BCUT2D eigenvalue weighted by Gasteiger charge is 2.10. The van der Waals surface area contributed by atoms with Crippen LogP contribution in [0.15, 0.2) is 42.5 Å². The summed E-state index contributed by atoms with van der Waals surface area (Å²) in [5.74, 6) is 0.0817. The minimum Gasteiger partial charge on any atom is -0.494 e. The highest BCUT2D eigenvalue weighted by atomic mass is 16.5. The topological polar surface area (TPSA) is 106 Å². The Bertz CT molecular complexity index is 861. The molecule has 0 spiro atoms. The molecule has 160 valence electrons. The van der Waals surface area contributed by atoms with Crippen LogP contribution in [0, 0.1) is 13.8 Å². The second-order valence-corrected chi connectivity index (χ2v) is 6.61. The average Bonchev–Trinajstić information content (AvgIpc) is 2.72. The molecule has 0 aliphatic heterocycles. The summed E-state index contributed by atoms with van der Waals surface area (Å²) in [5.41, 5.74) is 7.00. The molecule has 0 bridgehead atoms. The van der Waals surface area contributed by atoms with Gasteiger partial charge in [-0.3, -0.25) is 25.2 Å². The van der Waals surface area contributed by atoms with Crippen LogP contribution in [0.5, 0.6) is 11.5 Å². The summed E-state index contributed by atoms with van der Waals surface area (Å²) < 4.78 is 10.8. The fourth-order valence-corrected chi connectivity index (χ4v) is 2.65. The third-order valence-electron chi connectivity index (χ3n) is 4.13. The van der Waals surface area contributed by atoms with Gasteiger partial charge in [0.1, 0.15) is 11.5 Å². The first-order valence-electron chi connectivity index (χ1n) is 9.68. The molecule has 0 aliphatic rings. The number of hydrazine groups is 1. The molecule has 0 fully saturated rings. The van der Waals surface area contributed by atoms with Gasteiger partial charge in [-0.1, -0.05) is 18.2 Å². The van der Waals surface area contributed by atoms with Crippen molar-refractivity contribution in [2.45, 2.75) is 33.6 Å². The fourth-order valence-electron chi connectivity index (χ4n) is 2.65. The van der Waals surface area contributed by atoms with Crippen LogP contribution in [-0.4, -0.2) is 30.9 Å². The molecule has 8 heteroatoms. The van der Waals surface area contributed by atoms with Crippen molar-refractivity contribution >= 4 is 23.4 Å². The normalized spacial score (nSPS) is 10.1. The predicted octanol–water partition coefficient (Wildman–Crippen LogP) is 2.65. The van der Waals surface area contributed by atoms with E-state index in [1.807, 2.05) is 39.0 Å². The Morgan fingerprint density at radius 2 is 1.40 bits per heavy atom. The van der Waals surface area contributed by atoms with Gasteiger partial charge in [-0.05, 0) is 56.2 Å². The van der Waals surface area contributed by atoms with Gasteiger partial charge in [-0.15, -0.1) is 0 Å². The molecular weight excluding hydrogens is 386 g/mol. The molecule has 2 aromatic carbocycles. The molecule has 0 heterocycles. The first kappa shape index (κ1) is 22.7. The number of hydrogen-bond acceptors (Lipinski definition) is 5. The number of amides is 3. The molecule has 3 N–H and O–H groups in total. The summed E-state index contributed by atoms with van der Waals surface area (Å²) >= 11 is 0. The van der Waals surface area contributed by atoms with Gasteiger partial charge >= 0.3 is 0 Å². The molecule has 0 saturated carbocycles. The highest BCUT2D eigenvalue weighted by Crippen LogP contribution is 2.22. The predicted molar refractivity (Wildman–Crippen MR) is 113 cm³/mol. The largest absolute Gasteiger partial charge is 0.494 e. The van der Waals surface area contributed by atoms with Crippen molar-refractivity contribution < 1.29 is 23.9 Å². The van der Waals surface area contributed by atoms with Crippen LogP contribution >= 0.6 is 0 Å². The van der Waals surface area contributed by atoms with Crippen LogP contribution in [0.2, 0.25) is 0 Å². The highest BCUT2D eigenvalue weighted by molar-refractivity contribution is 5.93. The monoisotopic (exact) mass is 413 g/mol. The number of aryl methyl sites for hydroxylation is 2. The summed E-state index contributed by atoms with van der Waals surface area (Å²) in [4.78, 5) is 35.7. The van der Waals surface area contributed by atoms with E-state index in [2.05, 4.69) is 16.2 Å². The number of para-hydroxylation sites is 1. The lowest BCUT2D eigenvalue weighted by atomic mass is 10.1. The van der Waals surface area contributed by atoms with E-state index < -0.39 is 11.8 Å². The van der Waals surface area contributed by atoms with E-state index in [0.29, 0.717) is 23.8 Å². The smallest absolute Gasteiger partial charge is 0.276 e. The summed E-state index contributed by atoms with van der Waals surface area (Å²) in [6.07, 6.45) is -0.0886. The van der Waals surface area contributed by atoms with E-state index in [1.54, 1.807) is 24.3 Å². The van der Waals surface area contributed by atoms with E-state index in [9.17, 15) is 14.4 Å². The van der Waals surface area contributed by atoms with Crippen molar-refractivity contribution in [2.24, 2.45) is 0 Å². The molecule has 8 nitrogen and oxygen atoms in total. The van der Waals surface area contributed by atoms with Crippen LogP contribution in [0.4, 0.5) is 5.69 Å². The molecule has 2 aromatic rings. The standard InChI is InChI=1S/C22H27N3O5/c1-4-29-18-10-8-17(9-11-18)23-19(26)12-13-20(27)24-25-21(28)14-30-22-15(2)6-5-7-16(22)3/h5-11H,4,12-14H2,1-3H3,(H,23,26)(H,24,27)(H,25,28). The SMILES string of the molecule is CCOc1ccc(NC(=O)CCC(=O)NNC(=O)COc2c(C)cccc2C)cc1. The van der Waals surface area contributed by atoms with Crippen LogP contribution in [0.25, 0.3) is 0 Å². The van der Waals surface area contributed by atoms with Gasteiger partial charge in [0.25, 0.3) is 5.91 Å². The zero-order valence-electron chi connectivity index (χ0n) is 17.4. The molecule has 30 heavy (non-hydrogen) atoms. The lowest BCUT2D eigenvalue weighted by molar-refractivity contribution is -0.130. The van der Waals surface area contributed by atoms with Crippen molar-refractivity contribution in [1.29, 1.82) is 0 Å². The number of benzene rings is 2. The Morgan fingerprint density at radius 1 is 0.800 bits per heavy atom. The number of carbonyl (C=O) groups excluding carboxylic acids is 3. The Balaban J connectivity index is 1.66. The van der Waals surface area contributed by atoms with E-state index in [4.69, 9.17) is 9.47 Å². The number of nitrogens with one attached hydrogen (secondary N) is 3. The van der Waals surface area contributed by atoms with Gasteiger partial charge in [-0.25, -0.2) is 0 Å². The minimum absolute atomic E-state index is 0.0200. The summed E-state index contributed by atoms with van der Waals surface area (Å²) in [6, 6.07) is 12.6. The van der Waals surface area contributed by atoms with Crippen LogP contribution in [0.3, 0.4) is 0 Å².